The SMILES string of the molecule is CCNC(=S)N/N=C(\C)C1CCCCC1. The molecule has 0 radical (unpaired) electrons. The van der Waals surface area contributed by atoms with Crippen LogP contribution in [0.2, 0.25) is 0 Å². The molecule has 0 saturated heterocycles. The standard InChI is InChI=1S/C11H21N3S/c1-3-12-11(15)14-13-9(2)10-7-5-4-6-8-10/h10H,3-8H2,1-2H3,(H2,12,14,15)/b13-9+. The molecule has 1 fully saturated rings. The highest BCUT2D eigenvalue weighted by molar-refractivity contribution is 7.80. The highest BCUT2D eigenvalue weighted by Gasteiger charge is 2.15. The molecule has 0 spiro atoms. The lowest BCUT2D eigenvalue weighted by molar-refractivity contribution is 0.437. The van der Waals surface area contributed by atoms with Gasteiger partial charge in [-0.1, -0.05) is 19.3 Å². The van der Waals surface area contributed by atoms with Gasteiger partial charge in [0.2, 0.25) is 0 Å². The second kappa shape index (κ2) is 6.77. The van der Waals surface area contributed by atoms with Gasteiger partial charge >= 0.3 is 0 Å². The smallest absolute Gasteiger partial charge is 0.186 e. The van der Waals surface area contributed by atoms with Crippen LogP contribution in [-0.2, 0) is 0 Å². The minimum atomic E-state index is 0.618. The van der Waals surface area contributed by atoms with E-state index in [-0.39, 0.29) is 0 Å². The molecule has 0 amide bonds. The maximum absolute atomic E-state index is 5.04. The van der Waals surface area contributed by atoms with Gasteiger partial charge in [0.1, 0.15) is 0 Å². The van der Waals surface area contributed by atoms with Crippen molar-refractivity contribution in [3.8, 4) is 0 Å². The summed E-state index contributed by atoms with van der Waals surface area (Å²) < 4.78 is 0. The Balaban J connectivity index is 2.33. The van der Waals surface area contributed by atoms with Crippen LogP contribution in [0.4, 0.5) is 0 Å². The van der Waals surface area contributed by atoms with E-state index in [2.05, 4.69) is 22.8 Å². The third kappa shape index (κ3) is 4.60. The van der Waals surface area contributed by atoms with Crippen LogP contribution in [0.25, 0.3) is 0 Å². The monoisotopic (exact) mass is 227 g/mol. The zero-order chi connectivity index (χ0) is 11.1. The average Bonchev–Trinajstić information content (AvgIpc) is 2.27. The quantitative estimate of drug-likeness (QED) is 0.442. The van der Waals surface area contributed by atoms with Crippen molar-refractivity contribution in [2.45, 2.75) is 46.0 Å². The van der Waals surface area contributed by atoms with Crippen molar-refractivity contribution in [2.75, 3.05) is 6.54 Å². The lowest BCUT2D eigenvalue weighted by Gasteiger charge is -2.21. The zero-order valence-corrected chi connectivity index (χ0v) is 10.5. The molecule has 1 saturated carbocycles. The molecule has 0 heterocycles. The lowest BCUT2D eigenvalue weighted by atomic mass is 9.86. The Bertz CT molecular complexity index is 232. The Kier molecular flexibility index (Phi) is 5.61. The van der Waals surface area contributed by atoms with Gasteiger partial charge in [-0.2, -0.15) is 5.10 Å². The number of rotatable bonds is 3. The maximum atomic E-state index is 5.04. The Hall–Kier alpha value is -0.640. The van der Waals surface area contributed by atoms with Gasteiger partial charge in [0.05, 0.1) is 0 Å². The molecule has 0 aromatic carbocycles. The summed E-state index contributed by atoms with van der Waals surface area (Å²) in [5.74, 6) is 0.663. The van der Waals surface area contributed by atoms with Crippen molar-refractivity contribution in [2.24, 2.45) is 11.0 Å². The second-order valence-corrected chi connectivity index (χ2v) is 4.47. The third-order valence-electron chi connectivity index (χ3n) is 2.87. The average molecular weight is 227 g/mol. The number of hydrogen-bond acceptors (Lipinski definition) is 2. The highest BCUT2D eigenvalue weighted by atomic mass is 32.1. The van der Waals surface area contributed by atoms with Crippen LogP contribution in [-0.4, -0.2) is 17.4 Å². The predicted molar refractivity (Wildman–Crippen MR) is 69.1 cm³/mol. The van der Waals surface area contributed by atoms with Crippen molar-refractivity contribution >= 4 is 23.0 Å². The van der Waals surface area contributed by atoms with Crippen molar-refractivity contribution in [1.29, 1.82) is 0 Å². The molecular weight excluding hydrogens is 206 g/mol. The number of thiocarbonyl (C=S) groups is 1. The lowest BCUT2D eigenvalue weighted by Crippen LogP contribution is -2.33. The zero-order valence-electron chi connectivity index (χ0n) is 9.68. The predicted octanol–water partition coefficient (Wildman–Crippen LogP) is 2.43. The van der Waals surface area contributed by atoms with Crippen molar-refractivity contribution in [3.05, 3.63) is 0 Å². The van der Waals surface area contributed by atoms with E-state index >= 15 is 0 Å². The van der Waals surface area contributed by atoms with Crippen LogP contribution in [0, 0.1) is 5.92 Å². The number of hydrogen-bond donors (Lipinski definition) is 2. The van der Waals surface area contributed by atoms with E-state index in [4.69, 9.17) is 12.2 Å². The minimum Gasteiger partial charge on any atom is -0.362 e. The first kappa shape index (κ1) is 12.4. The van der Waals surface area contributed by atoms with Crippen LogP contribution in [0.15, 0.2) is 5.10 Å². The summed E-state index contributed by atoms with van der Waals surface area (Å²) in [6.07, 6.45) is 6.63. The van der Waals surface area contributed by atoms with E-state index in [1.54, 1.807) is 0 Å². The molecule has 86 valence electrons. The molecule has 1 aliphatic rings. The summed E-state index contributed by atoms with van der Waals surface area (Å²) in [6.45, 7) is 4.95. The molecule has 2 N–H and O–H groups in total. The van der Waals surface area contributed by atoms with Crippen molar-refractivity contribution in [1.82, 2.24) is 10.7 Å². The Morgan fingerprint density at radius 3 is 2.60 bits per heavy atom. The van der Waals surface area contributed by atoms with Gasteiger partial charge in [0.15, 0.2) is 5.11 Å². The molecule has 1 aliphatic carbocycles. The maximum Gasteiger partial charge on any atom is 0.186 e. The number of hydrazone groups is 1. The third-order valence-corrected chi connectivity index (χ3v) is 3.10. The van der Waals surface area contributed by atoms with Gasteiger partial charge in [0, 0.05) is 12.3 Å². The van der Waals surface area contributed by atoms with E-state index in [0.29, 0.717) is 11.0 Å². The van der Waals surface area contributed by atoms with Crippen molar-refractivity contribution in [3.63, 3.8) is 0 Å². The number of nitrogens with zero attached hydrogens (tertiary/aromatic N) is 1. The van der Waals surface area contributed by atoms with Gasteiger partial charge in [-0.25, -0.2) is 0 Å². The van der Waals surface area contributed by atoms with E-state index < -0.39 is 0 Å². The van der Waals surface area contributed by atoms with E-state index in [9.17, 15) is 0 Å². The van der Waals surface area contributed by atoms with Crippen LogP contribution >= 0.6 is 12.2 Å². The van der Waals surface area contributed by atoms with Gasteiger partial charge < -0.3 is 5.32 Å². The summed E-state index contributed by atoms with van der Waals surface area (Å²) >= 11 is 5.04. The Morgan fingerprint density at radius 2 is 2.00 bits per heavy atom. The van der Waals surface area contributed by atoms with E-state index in [1.807, 2.05) is 6.92 Å². The van der Waals surface area contributed by atoms with Gasteiger partial charge in [-0.3, -0.25) is 5.43 Å². The van der Waals surface area contributed by atoms with Gasteiger partial charge in [-0.05, 0) is 44.8 Å². The van der Waals surface area contributed by atoms with Crippen LogP contribution in [0.1, 0.15) is 46.0 Å². The first-order chi connectivity index (χ1) is 7.24. The molecule has 0 aromatic heterocycles. The molecule has 1 rings (SSSR count). The fraction of sp³-hybridized carbons (Fsp3) is 0.818. The van der Waals surface area contributed by atoms with Crippen LogP contribution in [0.5, 0.6) is 0 Å². The normalized spacial score (nSPS) is 18.7. The van der Waals surface area contributed by atoms with Gasteiger partial charge in [-0.15, -0.1) is 0 Å². The van der Waals surface area contributed by atoms with Gasteiger partial charge in [0.25, 0.3) is 0 Å². The molecule has 15 heavy (non-hydrogen) atoms. The Morgan fingerprint density at radius 1 is 1.33 bits per heavy atom. The summed E-state index contributed by atoms with van der Waals surface area (Å²) in [6, 6.07) is 0. The largest absolute Gasteiger partial charge is 0.362 e. The second-order valence-electron chi connectivity index (χ2n) is 4.06. The van der Waals surface area contributed by atoms with E-state index in [1.165, 1.54) is 37.8 Å². The molecule has 0 aliphatic heterocycles. The summed E-state index contributed by atoms with van der Waals surface area (Å²) in [4.78, 5) is 0. The summed E-state index contributed by atoms with van der Waals surface area (Å²) in [7, 11) is 0. The number of nitrogens with one attached hydrogen (secondary N) is 2. The first-order valence-electron chi connectivity index (χ1n) is 5.82. The van der Waals surface area contributed by atoms with Crippen molar-refractivity contribution < 1.29 is 0 Å². The molecular formula is C11H21N3S. The molecule has 4 heteroatoms. The first-order valence-corrected chi connectivity index (χ1v) is 6.23. The molecule has 0 bridgehead atoms. The van der Waals surface area contributed by atoms with Crippen LogP contribution in [0.3, 0.4) is 0 Å². The minimum absolute atomic E-state index is 0.618. The Labute approximate surface area is 97.7 Å². The molecule has 3 nitrogen and oxygen atoms in total. The summed E-state index contributed by atoms with van der Waals surface area (Å²) in [5, 5.41) is 7.96. The summed E-state index contributed by atoms with van der Waals surface area (Å²) in [5.41, 5.74) is 4.08. The fourth-order valence-corrected chi connectivity index (χ4v) is 2.14. The highest BCUT2D eigenvalue weighted by Crippen LogP contribution is 2.24. The van der Waals surface area contributed by atoms with Crippen LogP contribution < -0.4 is 10.7 Å². The molecule has 0 unspecified atom stereocenters. The topological polar surface area (TPSA) is 36.4 Å². The fourth-order valence-electron chi connectivity index (χ4n) is 1.95. The van der Waals surface area contributed by atoms with E-state index in [0.717, 1.165) is 6.54 Å². The molecule has 0 aromatic rings. The molecule has 0 atom stereocenters.